The molecule has 0 aliphatic rings. The van der Waals surface area contributed by atoms with Gasteiger partial charge in [-0.1, -0.05) is 38.5 Å². The van der Waals surface area contributed by atoms with Crippen LogP contribution in [0.2, 0.25) is 0 Å². The third-order valence-electron chi connectivity index (χ3n) is 4.22. The number of nitrogens with one attached hydrogen (secondary N) is 1. The Morgan fingerprint density at radius 3 is 1.96 bits per heavy atom. The Bertz CT molecular complexity index is 261. The van der Waals surface area contributed by atoms with Gasteiger partial charge in [-0.25, -0.2) is 0 Å². The Labute approximate surface area is 143 Å². The van der Waals surface area contributed by atoms with Gasteiger partial charge in [0.2, 0.25) is 0 Å². The first-order valence-electron chi connectivity index (χ1n) is 9.61. The van der Waals surface area contributed by atoms with Crippen LogP contribution in [-0.2, 0) is 4.79 Å². The van der Waals surface area contributed by atoms with Crippen LogP contribution in [0.15, 0.2) is 0 Å². The summed E-state index contributed by atoms with van der Waals surface area (Å²) in [5.74, 6) is 0.227. The van der Waals surface area contributed by atoms with E-state index in [0.29, 0.717) is 13.0 Å². The van der Waals surface area contributed by atoms with Crippen LogP contribution >= 0.6 is 0 Å². The van der Waals surface area contributed by atoms with Crippen LogP contribution in [-0.4, -0.2) is 38.0 Å². The summed E-state index contributed by atoms with van der Waals surface area (Å²) < 4.78 is 0. The largest absolute Gasteiger partial charge is 0.330 e. The van der Waals surface area contributed by atoms with Crippen molar-refractivity contribution in [2.24, 2.45) is 17.2 Å². The third kappa shape index (κ3) is 16.2. The fourth-order valence-electron chi connectivity index (χ4n) is 2.64. The predicted molar refractivity (Wildman–Crippen MR) is 99.4 cm³/mol. The van der Waals surface area contributed by atoms with Crippen LogP contribution in [0.3, 0.4) is 0 Å². The molecule has 0 radical (unpaired) electrons. The van der Waals surface area contributed by atoms with Crippen molar-refractivity contribution >= 4 is 5.78 Å². The van der Waals surface area contributed by atoms with E-state index in [9.17, 15) is 4.79 Å². The zero-order valence-corrected chi connectivity index (χ0v) is 15.0. The molecular weight excluding hydrogens is 288 g/mol. The van der Waals surface area contributed by atoms with Gasteiger partial charge in [0.05, 0.1) is 6.04 Å². The highest BCUT2D eigenvalue weighted by molar-refractivity contribution is 5.83. The Balaban J connectivity index is 3.24. The molecule has 0 unspecified atom stereocenters. The second-order valence-electron chi connectivity index (χ2n) is 6.47. The molecule has 23 heavy (non-hydrogen) atoms. The fraction of sp³-hybridized carbons (Fsp3) is 0.944. The zero-order valence-electron chi connectivity index (χ0n) is 15.0. The molecule has 0 aliphatic carbocycles. The molecule has 0 spiro atoms. The molecule has 5 heteroatoms. The lowest BCUT2D eigenvalue weighted by atomic mass is 10.0. The summed E-state index contributed by atoms with van der Waals surface area (Å²) in [6.07, 6.45) is 12.9. The van der Waals surface area contributed by atoms with Gasteiger partial charge in [0.1, 0.15) is 5.78 Å². The molecule has 0 rings (SSSR count). The van der Waals surface area contributed by atoms with Gasteiger partial charge in [-0.15, -0.1) is 0 Å². The van der Waals surface area contributed by atoms with E-state index in [1.807, 2.05) is 0 Å². The quantitative estimate of drug-likeness (QED) is 0.288. The average molecular weight is 329 g/mol. The van der Waals surface area contributed by atoms with Gasteiger partial charge >= 0.3 is 0 Å². The fourth-order valence-corrected chi connectivity index (χ4v) is 2.64. The highest BCUT2D eigenvalue weighted by Crippen LogP contribution is 2.10. The monoisotopic (exact) mass is 328 g/mol. The molecule has 0 aromatic heterocycles. The van der Waals surface area contributed by atoms with Crippen molar-refractivity contribution in [1.82, 2.24) is 5.32 Å². The molecule has 0 aliphatic heterocycles. The number of unbranched alkanes of at least 4 members (excludes halogenated alkanes) is 7. The van der Waals surface area contributed by atoms with Crippen LogP contribution in [0, 0.1) is 0 Å². The van der Waals surface area contributed by atoms with Crippen molar-refractivity contribution in [1.29, 1.82) is 0 Å². The molecule has 1 atom stereocenters. The molecule has 0 saturated carbocycles. The number of hydrogen-bond acceptors (Lipinski definition) is 5. The Hall–Kier alpha value is -0.490. The van der Waals surface area contributed by atoms with E-state index in [2.05, 4.69) is 5.32 Å². The third-order valence-corrected chi connectivity index (χ3v) is 4.22. The maximum absolute atomic E-state index is 11.8. The van der Waals surface area contributed by atoms with E-state index in [-0.39, 0.29) is 11.8 Å². The predicted octanol–water partition coefficient (Wildman–Crippen LogP) is 2.07. The summed E-state index contributed by atoms with van der Waals surface area (Å²) in [5, 5.41) is 3.40. The summed E-state index contributed by atoms with van der Waals surface area (Å²) in [7, 11) is 0. The SMILES string of the molecule is NCCCC[C@H](N)C(=O)CCCCCCCCCNCCCN. The molecule has 0 aromatic carbocycles. The van der Waals surface area contributed by atoms with Crippen LogP contribution < -0.4 is 22.5 Å². The maximum atomic E-state index is 11.8. The van der Waals surface area contributed by atoms with Gasteiger partial charge in [-0.05, 0) is 58.3 Å². The summed E-state index contributed by atoms with van der Waals surface area (Å²) in [6, 6.07) is -0.270. The van der Waals surface area contributed by atoms with E-state index in [1.54, 1.807) is 0 Å². The molecule has 138 valence electrons. The second kappa shape index (κ2) is 17.9. The number of Topliss-reactive ketones (excluding diaryl/α,β-unsaturated/α-hetero) is 1. The number of carbonyl (C=O) groups is 1. The highest BCUT2D eigenvalue weighted by atomic mass is 16.1. The zero-order chi connectivity index (χ0) is 17.2. The number of rotatable bonds is 18. The topological polar surface area (TPSA) is 107 Å². The van der Waals surface area contributed by atoms with Gasteiger partial charge in [-0.2, -0.15) is 0 Å². The van der Waals surface area contributed by atoms with Crippen LogP contribution in [0.4, 0.5) is 0 Å². The van der Waals surface area contributed by atoms with Gasteiger partial charge < -0.3 is 22.5 Å². The number of nitrogens with two attached hydrogens (primary N) is 3. The van der Waals surface area contributed by atoms with E-state index in [0.717, 1.165) is 58.2 Å². The molecule has 0 bridgehead atoms. The summed E-state index contributed by atoms with van der Waals surface area (Å²) in [6.45, 7) is 3.61. The van der Waals surface area contributed by atoms with Crippen molar-refractivity contribution in [2.45, 2.75) is 83.1 Å². The van der Waals surface area contributed by atoms with E-state index in [1.165, 1.54) is 32.1 Å². The lowest BCUT2D eigenvalue weighted by molar-refractivity contribution is -0.120. The van der Waals surface area contributed by atoms with Crippen LogP contribution in [0.1, 0.15) is 77.0 Å². The lowest BCUT2D eigenvalue weighted by Crippen LogP contribution is -2.30. The van der Waals surface area contributed by atoms with E-state index >= 15 is 0 Å². The minimum atomic E-state index is -0.270. The first kappa shape index (κ1) is 22.5. The van der Waals surface area contributed by atoms with Crippen molar-refractivity contribution < 1.29 is 4.79 Å². The summed E-state index contributed by atoms with van der Waals surface area (Å²) in [5.41, 5.74) is 16.8. The maximum Gasteiger partial charge on any atom is 0.149 e. The highest BCUT2D eigenvalue weighted by Gasteiger charge is 2.11. The molecule has 5 nitrogen and oxygen atoms in total. The Kier molecular flexibility index (Phi) is 17.5. The molecule has 0 aromatic rings. The number of hydrogen-bond donors (Lipinski definition) is 4. The molecule has 0 heterocycles. The second-order valence-corrected chi connectivity index (χ2v) is 6.47. The smallest absolute Gasteiger partial charge is 0.149 e. The number of ketones is 1. The Morgan fingerprint density at radius 1 is 0.739 bits per heavy atom. The van der Waals surface area contributed by atoms with Crippen LogP contribution in [0.25, 0.3) is 0 Å². The average Bonchev–Trinajstić information content (AvgIpc) is 2.55. The molecule has 0 fully saturated rings. The van der Waals surface area contributed by atoms with E-state index < -0.39 is 0 Å². The van der Waals surface area contributed by atoms with Crippen molar-refractivity contribution in [3.8, 4) is 0 Å². The van der Waals surface area contributed by atoms with Crippen molar-refractivity contribution in [2.75, 3.05) is 26.2 Å². The Morgan fingerprint density at radius 2 is 1.30 bits per heavy atom. The normalized spacial score (nSPS) is 12.5. The molecule has 0 amide bonds. The van der Waals surface area contributed by atoms with E-state index in [4.69, 9.17) is 17.2 Å². The first-order chi connectivity index (χ1) is 11.2. The minimum Gasteiger partial charge on any atom is -0.330 e. The standard InChI is InChI=1S/C18H40N4O/c19-13-8-7-11-17(21)18(23)12-6-4-2-1-3-5-9-15-22-16-10-14-20/h17,22H,1-16,19-21H2/t17-/m0/s1. The molecular formula is C18H40N4O. The minimum absolute atomic E-state index is 0.227. The van der Waals surface area contributed by atoms with Crippen LogP contribution in [0.5, 0.6) is 0 Å². The van der Waals surface area contributed by atoms with Crippen molar-refractivity contribution in [3.63, 3.8) is 0 Å². The molecule has 0 saturated heterocycles. The first-order valence-corrected chi connectivity index (χ1v) is 9.61. The number of carbonyl (C=O) groups excluding carboxylic acids is 1. The van der Waals surface area contributed by atoms with Crippen molar-refractivity contribution in [3.05, 3.63) is 0 Å². The summed E-state index contributed by atoms with van der Waals surface area (Å²) in [4.78, 5) is 11.8. The van der Waals surface area contributed by atoms with Gasteiger partial charge in [0.25, 0.3) is 0 Å². The van der Waals surface area contributed by atoms with Gasteiger partial charge in [-0.3, -0.25) is 4.79 Å². The van der Waals surface area contributed by atoms with Gasteiger partial charge in [0.15, 0.2) is 0 Å². The van der Waals surface area contributed by atoms with Gasteiger partial charge in [0, 0.05) is 6.42 Å². The lowest BCUT2D eigenvalue weighted by Gasteiger charge is -2.10. The molecule has 7 N–H and O–H groups in total. The summed E-state index contributed by atoms with van der Waals surface area (Å²) >= 11 is 0.